The number of nitrogens with zero attached hydrogens (tertiary/aromatic N) is 1. The molecule has 1 N–H and O–H groups in total. The molecule has 0 aliphatic heterocycles. The quantitative estimate of drug-likeness (QED) is 0.773. The van der Waals surface area contributed by atoms with Crippen molar-refractivity contribution in [1.82, 2.24) is 5.32 Å². The minimum absolute atomic E-state index is 0.0262. The molecule has 2 aromatic rings. The van der Waals surface area contributed by atoms with Gasteiger partial charge in [-0.25, -0.2) is 12.8 Å². The molecule has 0 aliphatic rings. The molecule has 1 amide bonds. The molecular formula is C17H19FN2O4S. The van der Waals surface area contributed by atoms with Gasteiger partial charge in [0, 0.05) is 6.54 Å². The Morgan fingerprint density at radius 2 is 1.76 bits per heavy atom. The molecule has 0 bridgehead atoms. The Morgan fingerprint density at radius 3 is 2.40 bits per heavy atom. The smallest absolute Gasteiger partial charge is 0.258 e. The molecule has 0 heterocycles. The number of carbonyl (C=O) groups is 1. The molecule has 6 nitrogen and oxygen atoms in total. The summed E-state index contributed by atoms with van der Waals surface area (Å²) in [7, 11) is -3.68. The van der Waals surface area contributed by atoms with E-state index < -0.39 is 21.7 Å². The van der Waals surface area contributed by atoms with E-state index in [2.05, 4.69) is 5.32 Å². The van der Waals surface area contributed by atoms with Crippen molar-refractivity contribution >= 4 is 21.6 Å². The molecule has 0 unspecified atom stereocenters. The molecule has 25 heavy (non-hydrogen) atoms. The highest BCUT2D eigenvalue weighted by atomic mass is 32.2. The summed E-state index contributed by atoms with van der Waals surface area (Å²) in [5, 5.41) is 2.55. The van der Waals surface area contributed by atoms with Crippen LogP contribution in [0, 0.1) is 5.82 Å². The first-order valence-corrected chi connectivity index (χ1v) is 9.39. The zero-order valence-corrected chi connectivity index (χ0v) is 14.5. The molecule has 0 saturated carbocycles. The van der Waals surface area contributed by atoms with Gasteiger partial charge in [-0.1, -0.05) is 30.3 Å². The molecule has 0 fully saturated rings. The first kappa shape index (κ1) is 18.7. The number of hydrogen-bond acceptors (Lipinski definition) is 4. The van der Waals surface area contributed by atoms with Crippen LogP contribution >= 0.6 is 0 Å². The van der Waals surface area contributed by atoms with E-state index in [4.69, 9.17) is 4.74 Å². The van der Waals surface area contributed by atoms with Crippen molar-refractivity contribution in [3.05, 3.63) is 60.4 Å². The topological polar surface area (TPSA) is 75.7 Å². The van der Waals surface area contributed by atoms with Gasteiger partial charge < -0.3 is 10.1 Å². The second kappa shape index (κ2) is 8.48. The van der Waals surface area contributed by atoms with E-state index in [1.165, 1.54) is 18.2 Å². The maximum atomic E-state index is 13.9. The van der Waals surface area contributed by atoms with Gasteiger partial charge in [-0.2, -0.15) is 0 Å². The Balaban J connectivity index is 1.89. The van der Waals surface area contributed by atoms with Gasteiger partial charge in [-0.05, 0) is 24.3 Å². The number of carbonyl (C=O) groups excluding carboxylic acids is 1. The highest BCUT2D eigenvalue weighted by molar-refractivity contribution is 7.92. The van der Waals surface area contributed by atoms with E-state index in [1.807, 2.05) is 6.07 Å². The number of nitrogens with one attached hydrogen (secondary N) is 1. The number of hydrogen-bond donors (Lipinski definition) is 1. The fourth-order valence-corrected chi connectivity index (χ4v) is 3.06. The third kappa shape index (κ3) is 5.75. The van der Waals surface area contributed by atoms with Crippen LogP contribution in [0.15, 0.2) is 54.6 Å². The molecule has 134 valence electrons. The summed E-state index contributed by atoms with van der Waals surface area (Å²) < 4.78 is 43.8. The zero-order chi connectivity index (χ0) is 18.3. The fourth-order valence-electron chi connectivity index (χ4n) is 2.13. The SMILES string of the molecule is CS(=O)(=O)N(CCNC(=O)COc1ccccc1)c1ccccc1F. The van der Waals surface area contributed by atoms with E-state index in [0.717, 1.165) is 10.6 Å². The van der Waals surface area contributed by atoms with E-state index >= 15 is 0 Å². The zero-order valence-electron chi connectivity index (χ0n) is 13.7. The fraction of sp³-hybridized carbons (Fsp3) is 0.235. The molecule has 0 aromatic heterocycles. The van der Waals surface area contributed by atoms with E-state index in [9.17, 15) is 17.6 Å². The first-order chi connectivity index (χ1) is 11.9. The van der Waals surface area contributed by atoms with E-state index in [0.29, 0.717) is 5.75 Å². The number of anilines is 1. The van der Waals surface area contributed by atoms with Crippen molar-refractivity contribution in [3.63, 3.8) is 0 Å². The van der Waals surface area contributed by atoms with Crippen LogP contribution in [0.5, 0.6) is 5.75 Å². The van der Waals surface area contributed by atoms with Crippen LogP contribution in [0.3, 0.4) is 0 Å². The van der Waals surface area contributed by atoms with Crippen LogP contribution in [0.25, 0.3) is 0 Å². The number of rotatable bonds is 8. The lowest BCUT2D eigenvalue weighted by atomic mass is 10.3. The number of para-hydroxylation sites is 2. The Morgan fingerprint density at radius 1 is 1.12 bits per heavy atom. The number of benzene rings is 2. The Bertz CT molecular complexity index is 812. The van der Waals surface area contributed by atoms with Crippen LogP contribution in [0.1, 0.15) is 0 Å². The number of ether oxygens (including phenoxy) is 1. The number of halogens is 1. The van der Waals surface area contributed by atoms with Crippen LogP contribution in [0.4, 0.5) is 10.1 Å². The molecule has 0 spiro atoms. The molecule has 0 saturated heterocycles. The molecule has 2 rings (SSSR count). The second-order valence-corrected chi connectivity index (χ2v) is 7.15. The van der Waals surface area contributed by atoms with Gasteiger partial charge >= 0.3 is 0 Å². The van der Waals surface area contributed by atoms with Crippen LogP contribution in [0.2, 0.25) is 0 Å². The lowest BCUT2D eigenvalue weighted by molar-refractivity contribution is -0.123. The standard InChI is InChI=1S/C17H19FN2O4S/c1-25(22,23)20(16-10-6-5-9-15(16)18)12-11-19-17(21)13-24-14-7-3-2-4-8-14/h2-10H,11-13H2,1H3,(H,19,21). The van der Waals surface area contributed by atoms with Crippen LogP contribution in [-0.4, -0.2) is 40.3 Å². The van der Waals surface area contributed by atoms with Crippen molar-refractivity contribution in [2.24, 2.45) is 0 Å². The first-order valence-electron chi connectivity index (χ1n) is 7.55. The van der Waals surface area contributed by atoms with Gasteiger partial charge in [0.2, 0.25) is 10.0 Å². The average Bonchev–Trinajstić information content (AvgIpc) is 2.58. The van der Waals surface area contributed by atoms with Crippen molar-refractivity contribution in [1.29, 1.82) is 0 Å². The Kier molecular flexibility index (Phi) is 6.35. The van der Waals surface area contributed by atoms with Crippen LogP contribution in [-0.2, 0) is 14.8 Å². The average molecular weight is 366 g/mol. The minimum atomic E-state index is -3.68. The van der Waals surface area contributed by atoms with Crippen molar-refractivity contribution in [3.8, 4) is 5.75 Å². The molecule has 0 radical (unpaired) electrons. The van der Waals surface area contributed by atoms with Crippen molar-refractivity contribution < 1.29 is 22.3 Å². The summed E-state index contributed by atoms with van der Waals surface area (Å²) in [6, 6.07) is 14.4. The highest BCUT2D eigenvalue weighted by Gasteiger charge is 2.20. The van der Waals surface area contributed by atoms with Gasteiger partial charge in [0.15, 0.2) is 6.61 Å². The van der Waals surface area contributed by atoms with Gasteiger partial charge in [0.05, 0.1) is 18.5 Å². The number of amides is 1. The third-order valence-corrected chi connectivity index (χ3v) is 4.45. The van der Waals surface area contributed by atoms with Gasteiger partial charge in [-0.3, -0.25) is 9.10 Å². The summed E-state index contributed by atoms with van der Waals surface area (Å²) >= 11 is 0. The lowest BCUT2D eigenvalue weighted by Gasteiger charge is -2.23. The molecule has 0 atom stereocenters. The summed E-state index contributed by atoms with van der Waals surface area (Å²) in [6.45, 7) is -0.252. The third-order valence-electron chi connectivity index (χ3n) is 3.27. The monoisotopic (exact) mass is 366 g/mol. The molecular weight excluding hydrogens is 347 g/mol. The van der Waals surface area contributed by atoms with E-state index in [-0.39, 0.29) is 25.4 Å². The highest BCUT2D eigenvalue weighted by Crippen LogP contribution is 2.20. The predicted molar refractivity (Wildman–Crippen MR) is 93.5 cm³/mol. The largest absolute Gasteiger partial charge is 0.484 e. The lowest BCUT2D eigenvalue weighted by Crippen LogP contribution is -2.39. The molecule has 2 aromatic carbocycles. The molecule has 0 aliphatic carbocycles. The second-order valence-electron chi connectivity index (χ2n) is 5.24. The summed E-state index contributed by atoms with van der Waals surface area (Å²) in [5.74, 6) is -0.487. The van der Waals surface area contributed by atoms with Crippen molar-refractivity contribution in [2.75, 3.05) is 30.3 Å². The summed E-state index contributed by atoms with van der Waals surface area (Å²) in [6.07, 6.45) is 0.986. The normalized spacial score (nSPS) is 11.0. The maximum absolute atomic E-state index is 13.9. The van der Waals surface area contributed by atoms with Crippen LogP contribution < -0.4 is 14.4 Å². The molecule has 8 heteroatoms. The Labute approximate surface area is 146 Å². The number of sulfonamides is 1. The Hall–Kier alpha value is -2.61. The summed E-state index contributed by atoms with van der Waals surface area (Å²) in [4.78, 5) is 11.8. The maximum Gasteiger partial charge on any atom is 0.258 e. The van der Waals surface area contributed by atoms with Gasteiger partial charge in [-0.15, -0.1) is 0 Å². The predicted octanol–water partition coefficient (Wildman–Crippen LogP) is 1.79. The summed E-state index contributed by atoms with van der Waals surface area (Å²) in [5.41, 5.74) is -0.0558. The van der Waals surface area contributed by atoms with E-state index in [1.54, 1.807) is 30.3 Å². The minimum Gasteiger partial charge on any atom is -0.484 e. The van der Waals surface area contributed by atoms with Gasteiger partial charge in [0.25, 0.3) is 5.91 Å². The van der Waals surface area contributed by atoms with Gasteiger partial charge in [0.1, 0.15) is 11.6 Å². The van der Waals surface area contributed by atoms with Crippen molar-refractivity contribution in [2.45, 2.75) is 0 Å².